The maximum Gasteiger partial charge on any atom is 0.357 e. The zero-order valence-electron chi connectivity index (χ0n) is 19.9. The molecule has 0 spiro atoms. The second-order valence-corrected chi connectivity index (χ2v) is 9.96. The predicted molar refractivity (Wildman–Crippen MR) is 131 cm³/mol. The first-order chi connectivity index (χ1) is 17.7. The van der Waals surface area contributed by atoms with E-state index in [2.05, 4.69) is 4.74 Å². The van der Waals surface area contributed by atoms with Gasteiger partial charge in [-0.1, -0.05) is 48.5 Å². The van der Waals surface area contributed by atoms with Crippen molar-refractivity contribution in [2.45, 2.75) is 30.6 Å². The van der Waals surface area contributed by atoms with Crippen molar-refractivity contribution in [1.82, 2.24) is 4.67 Å². The van der Waals surface area contributed by atoms with Gasteiger partial charge in [0.25, 0.3) is 5.60 Å². The van der Waals surface area contributed by atoms with Crippen LogP contribution in [0.3, 0.4) is 0 Å². The molecule has 3 rings (SSSR count). The molecule has 9 N–H and O–H groups in total. The summed E-state index contributed by atoms with van der Waals surface area (Å²) in [5.41, 5.74) is 11.9. The van der Waals surface area contributed by atoms with Gasteiger partial charge in [0, 0.05) is 12.1 Å². The number of nitrogens with zero attached hydrogens (tertiary/aromatic N) is 1. The van der Waals surface area contributed by atoms with Gasteiger partial charge in [-0.25, -0.2) is 14.4 Å². The Balaban J connectivity index is 0.000000352. The highest BCUT2D eigenvalue weighted by Gasteiger charge is 2.56. The number of Topliss-reactive ketones (excluding diaryl/α,β-unsaturated/α-hetero) is 1. The molecule has 0 aliphatic carbocycles. The minimum atomic E-state index is -3.50. The van der Waals surface area contributed by atoms with Crippen molar-refractivity contribution in [3.63, 3.8) is 0 Å². The number of benzene rings is 2. The summed E-state index contributed by atoms with van der Waals surface area (Å²) in [6, 6.07) is 13.3. The SMILES string of the molecule is N[C@H]1CCCN(P(N)(N)=O)C1=O.O=C(OC(=O)[C@](O)(C(=O)c1ccccc1)[C@H](O)C(=O)O)c1ccccc1. The number of ketones is 1. The number of amides is 1. The van der Waals surface area contributed by atoms with Gasteiger partial charge in [0.1, 0.15) is 0 Å². The summed E-state index contributed by atoms with van der Waals surface area (Å²) in [4.78, 5) is 59.0. The lowest BCUT2D eigenvalue weighted by atomic mass is 9.87. The number of carbonyl (C=O) groups excluding carboxylic acids is 4. The Morgan fingerprint density at radius 2 is 1.50 bits per heavy atom. The maximum atomic E-state index is 12.5. The number of piperidine rings is 1. The van der Waals surface area contributed by atoms with Crippen LogP contribution in [0.4, 0.5) is 0 Å². The second kappa shape index (κ2) is 12.6. The number of carbonyl (C=O) groups is 5. The Morgan fingerprint density at radius 3 is 1.95 bits per heavy atom. The predicted octanol–water partition coefficient (Wildman–Crippen LogP) is -0.609. The molecule has 15 heteroatoms. The molecular formula is C23H27N4O10P. The minimum absolute atomic E-state index is 0.0693. The van der Waals surface area contributed by atoms with Crippen molar-refractivity contribution in [3.05, 3.63) is 71.8 Å². The van der Waals surface area contributed by atoms with Crippen LogP contribution in [0.25, 0.3) is 0 Å². The van der Waals surface area contributed by atoms with E-state index < -0.39 is 54.9 Å². The molecule has 1 aliphatic heterocycles. The lowest BCUT2D eigenvalue weighted by Crippen LogP contribution is -2.59. The van der Waals surface area contributed by atoms with Gasteiger partial charge in [0.2, 0.25) is 11.7 Å². The first-order valence-electron chi connectivity index (χ1n) is 11.0. The van der Waals surface area contributed by atoms with Gasteiger partial charge < -0.3 is 25.8 Å². The summed E-state index contributed by atoms with van der Waals surface area (Å²) in [6.07, 6.45) is -1.54. The lowest BCUT2D eigenvalue weighted by molar-refractivity contribution is -0.175. The molecule has 38 heavy (non-hydrogen) atoms. The third-order valence-corrected chi connectivity index (χ3v) is 6.50. The fourth-order valence-electron chi connectivity index (χ4n) is 3.31. The molecule has 0 radical (unpaired) electrons. The summed E-state index contributed by atoms with van der Waals surface area (Å²) in [6.45, 7) is 0.344. The number of nitrogens with two attached hydrogens (primary N) is 3. The number of aliphatic hydroxyl groups excluding tert-OH is 1. The number of rotatable bonds is 7. The number of carboxylic acids is 1. The van der Waals surface area contributed by atoms with Crippen molar-refractivity contribution in [2.24, 2.45) is 16.7 Å². The molecule has 1 amide bonds. The second-order valence-electron chi connectivity index (χ2n) is 8.13. The molecule has 1 heterocycles. The van der Waals surface area contributed by atoms with E-state index in [-0.39, 0.29) is 11.1 Å². The van der Waals surface area contributed by atoms with Crippen molar-refractivity contribution in [3.8, 4) is 0 Å². The molecular weight excluding hydrogens is 523 g/mol. The first kappa shape index (κ1) is 30.4. The molecule has 0 bridgehead atoms. The Hall–Kier alpha value is -3.78. The van der Waals surface area contributed by atoms with Gasteiger partial charge in [-0.3, -0.25) is 29.8 Å². The Labute approximate surface area is 216 Å². The summed E-state index contributed by atoms with van der Waals surface area (Å²) in [7, 11) is -3.43. The fraction of sp³-hybridized carbons (Fsp3) is 0.261. The monoisotopic (exact) mass is 550 g/mol. The van der Waals surface area contributed by atoms with Crippen LogP contribution < -0.4 is 16.7 Å². The molecule has 2 aromatic rings. The van der Waals surface area contributed by atoms with Gasteiger partial charge in [-0.15, -0.1) is 0 Å². The van der Waals surface area contributed by atoms with Crippen molar-refractivity contribution < 1.29 is 48.6 Å². The topological polar surface area (TPSA) is 254 Å². The van der Waals surface area contributed by atoms with Crippen LogP contribution in [0, 0.1) is 0 Å². The van der Waals surface area contributed by atoms with Crippen LogP contribution in [0.1, 0.15) is 33.6 Å². The Kier molecular flexibility index (Phi) is 10.1. The summed E-state index contributed by atoms with van der Waals surface area (Å²) < 4.78 is 16.6. The van der Waals surface area contributed by atoms with Gasteiger partial charge in [0.15, 0.2) is 6.10 Å². The maximum absolute atomic E-state index is 12.5. The molecule has 2 aromatic carbocycles. The van der Waals surface area contributed by atoms with Gasteiger partial charge >= 0.3 is 25.5 Å². The number of ether oxygens (including phenoxy) is 1. The average Bonchev–Trinajstić information content (AvgIpc) is 2.89. The number of esters is 2. The van der Waals surface area contributed by atoms with Crippen molar-refractivity contribution in [1.29, 1.82) is 0 Å². The average molecular weight is 550 g/mol. The molecule has 1 aliphatic rings. The normalized spacial score (nSPS) is 17.8. The number of aliphatic hydroxyl groups is 2. The van der Waals surface area contributed by atoms with E-state index in [0.29, 0.717) is 19.4 Å². The zero-order chi connectivity index (χ0) is 28.7. The third-order valence-electron chi connectivity index (χ3n) is 5.35. The van der Waals surface area contributed by atoms with Gasteiger partial charge in [-0.2, -0.15) is 0 Å². The zero-order valence-corrected chi connectivity index (χ0v) is 20.8. The lowest BCUT2D eigenvalue weighted by Gasteiger charge is -2.32. The molecule has 14 nitrogen and oxygen atoms in total. The van der Waals surface area contributed by atoms with E-state index in [1.54, 1.807) is 12.1 Å². The smallest absolute Gasteiger partial charge is 0.357 e. The van der Waals surface area contributed by atoms with Crippen LogP contribution in [0.2, 0.25) is 0 Å². The van der Waals surface area contributed by atoms with Gasteiger partial charge in [-0.05, 0) is 25.0 Å². The number of hydrogen-bond donors (Lipinski definition) is 6. The number of hydrogen-bond acceptors (Lipinski definition) is 10. The fourth-order valence-corrected chi connectivity index (χ4v) is 4.22. The highest BCUT2D eigenvalue weighted by Crippen LogP contribution is 2.34. The largest absolute Gasteiger partial charge is 0.479 e. The van der Waals surface area contributed by atoms with Crippen LogP contribution in [-0.4, -0.2) is 73.9 Å². The van der Waals surface area contributed by atoms with Crippen LogP contribution >= 0.6 is 7.59 Å². The molecule has 3 atom stereocenters. The van der Waals surface area contributed by atoms with E-state index in [1.165, 1.54) is 48.5 Å². The molecule has 0 aromatic heterocycles. The molecule has 0 unspecified atom stereocenters. The number of aliphatic carboxylic acids is 1. The van der Waals surface area contributed by atoms with Crippen LogP contribution in [0.15, 0.2) is 60.7 Å². The highest BCUT2D eigenvalue weighted by molar-refractivity contribution is 7.57. The standard InChI is InChI=1S/C18H14O8.C5H13N4O2P/c19-13(11-7-3-1-4-8-11)18(25,14(20)15(21)22)17(24)26-16(23)12-9-5-2-6-10-12;6-4-2-1-3-9(5(4)10)12(7,8)11/h1-10,14,20,25H,(H,21,22);4H,1-3,6H2,(H4,7,8,11)/t14-,18+;4-/m10/s1. The van der Waals surface area contributed by atoms with Crippen molar-refractivity contribution in [2.75, 3.05) is 6.54 Å². The highest BCUT2D eigenvalue weighted by atomic mass is 31.2. The summed E-state index contributed by atoms with van der Waals surface area (Å²) >= 11 is 0. The van der Waals surface area contributed by atoms with E-state index in [0.717, 1.165) is 4.67 Å². The molecule has 1 fully saturated rings. The summed E-state index contributed by atoms with van der Waals surface area (Å²) in [5, 5.41) is 29.1. The van der Waals surface area contributed by atoms with Crippen molar-refractivity contribution >= 4 is 37.2 Å². The van der Waals surface area contributed by atoms with Gasteiger partial charge in [0.05, 0.1) is 11.6 Å². The third kappa shape index (κ3) is 7.16. The van der Waals surface area contributed by atoms with Crippen LogP contribution in [-0.2, 0) is 23.7 Å². The molecule has 204 valence electrons. The first-order valence-corrected chi connectivity index (χ1v) is 12.8. The quantitative estimate of drug-likeness (QED) is 0.109. The Morgan fingerprint density at radius 1 is 1.00 bits per heavy atom. The van der Waals surface area contributed by atoms with Crippen LogP contribution in [0.5, 0.6) is 0 Å². The van der Waals surface area contributed by atoms with E-state index in [4.69, 9.17) is 21.8 Å². The Bertz CT molecular complexity index is 1240. The number of carboxylic acid groups (broad SMARTS) is 1. The molecule has 0 saturated carbocycles. The summed E-state index contributed by atoms with van der Waals surface area (Å²) in [5.74, 6) is -6.98. The minimum Gasteiger partial charge on any atom is -0.479 e. The van der Waals surface area contributed by atoms with E-state index >= 15 is 0 Å². The van der Waals surface area contributed by atoms with E-state index in [1.807, 2.05) is 0 Å². The molecule has 1 saturated heterocycles. The van der Waals surface area contributed by atoms with E-state index in [9.17, 15) is 38.8 Å².